The molecule has 0 bridgehead atoms. The number of para-hydroxylation sites is 1. The number of benzene rings is 4. The number of amides is 3. The molecule has 210 valence electrons. The minimum atomic E-state index is -0.507. The smallest absolute Gasteiger partial charge is 0.262 e. The molecule has 0 saturated heterocycles. The number of halogens is 2. The highest BCUT2D eigenvalue weighted by atomic mass is 35.5. The first-order chi connectivity index (χ1) is 20.3. The van der Waals surface area contributed by atoms with Crippen LogP contribution in [0.25, 0.3) is 22.4 Å². The average Bonchev–Trinajstić information content (AvgIpc) is 3.47. The zero-order chi connectivity index (χ0) is 29.5. The predicted molar refractivity (Wildman–Crippen MR) is 162 cm³/mol. The number of ether oxygens (including phenoxy) is 1. The van der Waals surface area contributed by atoms with E-state index in [1.165, 1.54) is 11.9 Å². The van der Waals surface area contributed by atoms with Crippen LogP contribution in [-0.4, -0.2) is 45.8 Å². The molecule has 0 fully saturated rings. The molecule has 0 radical (unpaired) electrons. The first-order valence-corrected chi connectivity index (χ1v) is 13.8. The molecular formula is C32H24Cl2N4O4. The van der Waals surface area contributed by atoms with E-state index in [4.69, 9.17) is 32.9 Å². The maximum atomic E-state index is 13.2. The second kappa shape index (κ2) is 11.0. The van der Waals surface area contributed by atoms with Crippen molar-refractivity contribution in [3.05, 3.63) is 112 Å². The highest BCUT2D eigenvalue weighted by molar-refractivity contribution is 6.38. The summed E-state index contributed by atoms with van der Waals surface area (Å²) in [5, 5.41) is 0.585. The van der Waals surface area contributed by atoms with Crippen LogP contribution in [-0.2, 0) is 18.4 Å². The van der Waals surface area contributed by atoms with E-state index in [9.17, 15) is 14.4 Å². The van der Waals surface area contributed by atoms with Crippen molar-refractivity contribution < 1.29 is 19.1 Å². The monoisotopic (exact) mass is 598 g/mol. The molecule has 0 aliphatic carbocycles. The summed E-state index contributed by atoms with van der Waals surface area (Å²) < 4.78 is 8.20. The van der Waals surface area contributed by atoms with Gasteiger partial charge in [-0.2, -0.15) is 0 Å². The van der Waals surface area contributed by atoms with E-state index < -0.39 is 24.3 Å². The molecule has 0 unspecified atom stereocenters. The highest BCUT2D eigenvalue weighted by Crippen LogP contribution is 2.36. The number of aryl methyl sites for hydroxylation is 1. The number of aromatic nitrogens is 2. The van der Waals surface area contributed by atoms with Gasteiger partial charge in [0.15, 0.2) is 0 Å². The summed E-state index contributed by atoms with van der Waals surface area (Å²) in [4.78, 5) is 45.8. The van der Waals surface area contributed by atoms with Gasteiger partial charge >= 0.3 is 0 Å². The summed E-state index contributed by atoms with van der Waals surface area (Å²) in [7, 11) is 3.48. The maximum absolute atomic E-state index is 13.2. The number of carbonyl (C=O) groups excluding carboxylic acids is 3. The number of likely N-dealkylation sites (N-methyl/N-ethyl adjacent to an activating group) is 1. The van der Waals surface area contributed by atoms with Gasteiger partial charge in [-0.05, 0) is 36.4 Å². The zero-order valence-electron chi connectivity index (χ0n) is 22.7. The van der Waals surface area contributed by atoms with E-state index in [0.29, 0.717) is 27.5 Å². The highest BCUT2D eigenvalue weighted by Gasteiger charge is 2.37. The Morgan fingerprint density at radius 3 is 2.24 bits per heavy atom. The molecule has 1 aliphatic heterocycles. The summed E-state index contributed by atoms with van der Waals surface area (Å²) >= 11 is 13.3. The fourth-order valence-electron chi connectivity index (χ4n) is 5.04. The quantitative estimate of drug-likeness (QED) is 0.203. The van der Waals surface area contributed by atoms with Gasteiger partial charge in [0, 0.05) is 30.2 Å². The van der Waals surface area contributed by atoms with Crippen molar-refractivity contribution >= 4 is 57.6 Å². The van der Waals surface area contributed by atoms with Gasteiger partial charge in [-0.25, -0.2) is 4.98 Å². The van der Waals surface area contributed by atoms with Gasteiger partial charge in [0.1, 0.15) is 30.2 Å². The molecule has 42 heavy (non-hydrogen) atoms. The fourth-order valence-corrected chi connectivity index (χ4v) is 5.64. The second-order valence-electron chi connectivity index (χ2n) is 9.83. The van der Waals surface area contributed by atoms with Gasteiger partial charge in [-0.15, -0.1) is 0 Å². The maximum Gasteiger partial charge on any atom is 0.262 e. The number of nitrogens with zero attached hydrogens (tertiary/aromatic N) is 4. The van der Waals surface area contributed by atoms with Gasteiger partial charge in [0.25, 0.3) is 11.8 Å². The zero-order valence-corrected chi connectivity index (χ0v) is 24.2. The van der Waals surface area contributed by atoms with Crippen LogP contribution in [0.15, 0.2) is 84.9 Å². The van der Waals surface area contributed by atoms with Gasteiger partial charge < -0.3 is 14.2 Å². The second-order valence-corrected chi connectivity index (χ2v) is 10.6. The standard InChI is InChI=1S/C32H24Cl2N4O4/c1-36(27(39)17-38-31(40)20-11-6-7-12-21(20)32(38)41)24-16-15-23(33)22(28(24)34)18-42-26-14-8-13-25-29(26)35-30(37(25)2)19-9-4-3-5-10-19/h3-16H,17-18H2,1-2H3. The Hall–Kier alpha value is -4.66. The van der Waals surface area contributed by atoms with Gasteiger partial charge in [0.2, 0.25) is 5.91 Å². The van der Waals surface area contributed by atoms with Crippen LogP contribution in [0.3, 0.4) is 0 Å². The number of imidazole rings is 1. The van der Waals surface area contributed by atoms with Crippen LogP contribution in [0, 0.1) is 0 Å². The third-order valence-corrected chi connectivity index (χ3v) is 8.13. The lowest BCUT2D eigenvalue weighted by Crippen LogP contribution is -2.41. The van der Waals surface area contributed by atoms with E-state index >= 15 is 0 Å². The van der Waals surface area contributed by atoms with Crippen LogP contribution in [0.5, 0.6) is 5.75 Å². The van der Waals surface area contributed by atoms with Gasteiger partial charge in [-0.1, -0.05) is 71.7 Å². The lowest BCUT2D eigenvalue weighted by atomic mass is 10.1. The van der Waals surface area contributed by atoms with Crippen molar-refractivity contribution in [2.75, 3.05) is 18.5 Å². The third kappa shape index (κ3) is 4.68. The Morgan fingerprint density at radius 2 is 1.55 bits per heavy atom. The Morgan fingerprint density at radius 1 is 0.881 bits per heavy atom. The molecule has 6 rings (SSSR count). The van der Waals surface area contributed by atoms with Crippen molar-refractivity contribution in [1.29, 1.82) is 0 Å². The first kappa shape index (κ1) is 27.5. The number of fused-ring (bicyclic) bond motifs is 2. The molecule has 10 heteroatoms. The van der Waals surface area contributed by atoms with Crippen LogP contribution in [0.2, 0.25) is 10.0 Å². The number of rotatable bonds is 7. The minimum Gasteiger partial charge on any atom is -0.486 e. The fraction of sp³-hybridized carbons (Fsp3) is 0.125. The van der Waals surface area contributed by atoms with E-state index in [-0.39, 0.29) is 22.8 Å². The molecule has 2 heterocycles. The van der Waals surface area contributed by atoms with Crippen LogP contribution >= 0.6 is 23.2 Å². The first-order valence-electron chi connectivity index (χ1n) is 13.1. The number of carbonyl (C=O) groups is 3. The topological polar surface area (TPSA) is 84.7 Å². The Bertz CT molecular complexity index is 1850. The lowest BCUT2D eigenvalue weighted by Gasteiger charge is -2.23. The predicted octanol–water partition coefficient (Wildman–Crippen LogP) is 6.39. The van der Waals surface area contributed by atoms with Gasteiger partial charge in [-0.3, -0.25) is 19.3 Å². The molecule has 0 atom stereocenters. The van der Waals surface area contributed by atoms with E-state index in [2.05, 4.69) is 0 Å². The van der Waals surface area contributed by atoms with Gasteiger partial charge in [0.05, 0.1) is 27.4 Å². The van der Waals surface area contributed by atoms with Crippen LogP contribution < -0.4 is 9.64 Å². The molecule has 4 aromatic carbocycles. The van der Waals surface area contributed by atoms with E-state index in [1.807, 2.05) is 60.1 Å². The molecule has 1 aliphatic rings. The van der Waals surface area contributed by atoms with Crippen LogP contribution in [0.4, 0.5) is 5.69 Å². The molecule has 1 aromatic heterocycles. The Balaban J connectivity index is 1.23. The van der Waals surface area contributed by atoms with E-state index in [0.717, 1.165) is 21.8 Å². The molecule has 5 aromatic rings. The molecule has 3 amide bonds. The summed E-state index contributed by atoms with van der Waals surface area (Å²) in [6, 6.07) is 25.3. The average molecular weight is 599 g/mol. The molecule has 8 nitrogen and oxygen atoms in total. The number of anilines is 1. The van der Waals surface area contributed by atoms with Crippen molar-refractivity contribution in [3.63, 3.8) is 0 Å². The SMILES string of the molecule is CN(C(=O)CN1C(=O)c2ccccc2C1=O)c1ccc(Cl)c(COc2cccc3c2nc(-c2ccccc2)n3C)c1Cl. The third-order valence-electron chi connectivity index (χ3n) is 7.35. The lowest BCUT2D eigenvalue weighted by molar-refractivity contribution is -0.118. The number of imide groups is 1. The molecule has 0 N–H and O–H groups in total. The Labute approximate surface area is 251 Å². The molecule has 0 saturated carbocycles. The van der Waals surface area contributed by atoms with Crippen molar-refractivity contribution in [2.45, 2.75) is 6.61 Å². The summed E-state index contributed by atoms with van der Waals surface area (Å²) in [5.41, 5.74) is 3.97. The van der Waals surface area contributed by atoms with Crippen LogP contribution in [0.1, 0.15) is 26.3 Å². The number of hydrogen-bond donors (Lipinski definition) is 0. The minimum absolute atomic E-state index is 0.0162. The summed E-state index contributed by atoms with van der Waals surface area (Å²) in [6.45, 7) is -0.415. The molecule has 0 spiro atoms. The van der Waals surface area contributed by atoms with Crippen molar-refractivity contribution in [1.82, 2.24) is 14.5 Å². The van der Waals surface area contributed by atoms with Crippen molar-refractivity contribution in [3.8, 4) is 17.1 Å². The summed E-state index contributed by atoms with van der Waals surface area (Å²) in [6.07, 6.45) is 0. The summed E-state index contributed by atoms with van der Waals surface area (Å²) in [5.74, 6) is -0.149. The molecular weight excluding hydrogens is 575 g/mol. The van der Waals surface area contributed by atoms with E-state index in [1.54, 1.807) is 36.4 Å². The normalized spacial score (nSPS) is 12.6. The largest absolute Gasteiger partial charge is 0.486 e. The number of hydrogen-bond acceptors (Lipinski definition) is 5. The Kier molecular flexibility index (Phi) is 7.18. The van der Waals surface area contributed by atoms with Crippen molar-refractivity contribution in [2.24, 2.45) is 7.05 Å².